The van der Waals surface area contributed by atoms with Gasteiger partial charge in [-0.05, 0) is 0 Å². The molecule has 0 spiro atoms. The number of hydrogen-bond donors (Lipinski definition) is 0. The van der Waals surface area contributed by atoms with E-state index in [1.807, 2.05) is 6.55 Å². The van der Waals surface area contributed by atoms with E-state index in [1.165, 1.54) is 20.3 Å². The molecule has 58 valence electrons. The van der Waals surface area contributed by atoms with Gasteiger partial charge >= 0.3 is 0 Å². The van der Waals surface area contributed by atoms with Crippen molar-refractivity contribution >= 4 is 15.6 Å². The number of hydrogen-bond acceptors (Lipinski definition) is 4. The van der Waals surface area contributed by atoms with Crippen LogP contribution in [0, 0.1) is 0 Å². The maximum absolute atomic E-state index is 9.87. The van der Waals surface area contributed by atoms with E-state index in [1.54, 1.807) is 0 Å². The summed E-state index contributed by atoms with van der Waals surface area (Å²) in [5.41, 5.74) is -0.984. The van der Waals surface area contributed by atoms with Crippen molar-refractivity contribution in [3.8, 4) is 0 Å². The minimum absolute atomic E-state index is 0.664. The number of aliphatic imine (C=N–C) groups is 1. The quantitative estimate of drug-likeness (QED) is 0.240. The van der Waals surface area contributed by atoms with Crippen molar-refractivity contribution in [2.24, 2.45) is 4.99 Å². The third kappa shape index (κ3) is 2.04. The van der Waals surface area contributed by atoms with Gasteiger partial charge in [0.15, 0.2) is 0 Å². The molecule has 0 unspecified atom stereocenters. The van der Waals surface area contributed by atoms with Gasteiger partial charge in [-0.15, -0.1) is 4.99 Å². The van der Waals surface area contributed by atoms with E-state index >= 15 is 0 Å². The molecule has 0 aromatic heterocycles. The maximum atomic E-state index is 9.87. The molecule has 0 rings (SSSR count). The van der Waals surface area contributed by atoms with Gasteiger partial charge in [0.1, 0.15) is 9.52 Å². The molecule has 4 nitrogen and oxygen atoms in total. The first-order valence-electron chi connectivity index (χ1n) is 2.94. The summed E-state index contributed by atoms with van der Waals surface area (Å²) < 4.78 is 9.77. The molecule has 0 saturated carbocycles. The Morgan fingerprint density at radius 1 is 1.50 bits per heavy atom. The highest BCUT2D eigenvalue weighted by Gasteiger charge is 2.25. The summed E-state index contributed by atoms with van der Waals surface area (Å²) in [5, 5.41) is 0. The fraction of sp³-hybridized carbons (Fsp3) is 0.800. The first-order valence-corrected chi connectivity index (χ1v) is 5.06. The van der Waals surface area contributed by atoms with E-state index in [4.69, 9.17) is 9.47 Å². The molecule has 0 atom stereocenters. The van der Waals surface area contributed by atoms with Gasteiger partial charge in [0.25, 0.3) is 0 Å². The zero-order chi connectivity index (χ0) is 8.04. The smallest absolute Gasteiger partial charge is 0.248 e. The summed E-state index contributed by atoms with van der Waals surface area (Å²) in [6.07, 6.45) is 1.42. The normalized spacial score (nSPS) is 11.9. The average molecular weight is 161 g/mol. The number of carbonyl (C=O) groups excluding carboxylic acids is 1. The maximum Gasteiger partial charge on any atom is 0.248 e. The van der Waals surface area contributed by atoms with Crippen LogP contribution in [0.1, 0.15) is 0 Å². The molecule has 0 saturated heterocycles. The molecule has 0 radical (unpaired) electrons. The molecular formula is C5H11NO3Si. The summed E-state index contributed by atoms with van der Waals surface area (Å²) in [7, 11) is 2.25. The van der Waals surface area contributed by atoms with Gasteiger partial charge in [-0.1, -0.05) is 6.55 Å². The summed E-state index contributed by atoms with van der Waals surface area (Å²) in [5.74, 6) is 0. The van der Waals surface area contributed by atoms with E-state index in [0.29, 0.717) is 0 Å². The van der Waals surface area contributed by atoms with Crippen molar-refractivity contribution in [3.63, 3.8) is 0 Å². The van der Waals surface area contributed by atoms with Crippen molar-refractivity contribution < 1.29 is 14.3 Å². The zero-order valence-corrected chi connectivity index (χ0v) is 7.79. The summed E-state index contributed by atoms with van der Waals surface area (Å²) in [4.78, 5) is 13.3. The van der Waals surface area contributed by atoms with Gasteiger partial charge in [-0.3, -0.25) is 0 Å². The summed E-state index contributed by atoms with van der Waals surface area (Å²) in [6, 6.07) is 0. The van der Waals surface area contributed by atoms with Crippen LogP contribution < -0.4 is 0 Å². The van der Waals surface area contributed by atoms with Crippen LogP contribution in [-0.2, 0) is 14.3 Å². The molecule has 0 amide bonds. The molecule has 0 aliphatic carbocycles. The molecule has 0 aromatic rings. The zero-order valence-electron chi connectivity index (χ0n) is 6.38. The van der Waals surface area contributed by atoms with Crippen LogP contribution in [0.5, 0.6) is 0 Å². The number of methoxy groups -OCH3 is 2. The van der Waals surface area contributed by atoms with Crippen LogP contribution in [0.15, 0.2) is 4.99 Å². The molecule has 0 bridgehead atoms. The van der Waals surface area contributed by atoms with Crippen molar-refractivity contribution in [2.45, 2.75) is 12.1 Å². The van der Waals surface area contributed by atoms with E-state index in [9.17, 15) is 4.79 Å². The van der Waals surface area contributed by atoms with Crippen molar-refractivity contribution in [1.82, 2.24) is 0 Å². The Bertz CT molecular complexity index is 132. The van der Waals surface area contributed by atoms with E-state index in [0.717, 1.165) is 0 Å². The van der Waals surface area contributed by atoms with E-state index in [-0.39, 0.29) is 0 Å². The lowest BCUT2D eigenvalue weighted by Gasteiger charge is -2.22. The Balaban J connectivity index is 4.29. The number of ether oxygens (including phenoxy) is 2. The average Bonchev–Trinajstić information content (AvgIpc) is 2.01. The molecule has 0 fully saturated rings. The standard InChI is InChI=1S/C5H11NO3Si/c1-8-5(9-2,10-3)6-4-7/h10H2,1-3H3. The SMILES string of the molecule is COC(N=C=O)(OC)[SiH2]C. The minimum atomic E-state index is -0.984. The van der Waals surface area contributed by atoms with Crippen molar-refractivity contribution in [2.75, 3.05) is 14.2 Å². The highest BCUT2D eigenvalue weighted by molar-refractivity contribution is 6.37. The van der Waals surface area contributed by atoms with Crippen molar-refractivity contribution in [3.05, 3.63) is 0 Å². The molecular weight excluding hydrogens is 150 g/mol. The Morgan fingerprint density at radius 2 is 2.00 bits per heavy atom. The van der Waals surface area contributed by atoms with Crippen molar-refractivity contribution in [1.29, 1.82) is 0 Å². The Hall–Kier alpha value is -0.483. The second kappa shape index (κ2) is 4.35. The molecule has 0 heterocycles. The topological polar surface area (TPSA) is 47.9 Å². The predicted octanol–water partition coefficient (Wildman–Crippen LogP) is -0.557. The fourth-order valence-corrected chi connectivity index (χ4v) is 1.41. The molecule has 0 aliphatic heterocycles. The third-order valence-corrected chi connectivity index (χ3v) is 2.93. The van der Waals surface area contributed by atoms with Gasteiger partial charge in [0.2, 0.25) is 11.6 Å². The highest BCUT2D eigenvalue weighted by Crippen LogP contribution is 2.09. The number of isocyanates is 1. The fourth-order valence-electron chi connectivity index (χ4n) is 0.612. The monoisotopic (exact) mass is 161 g/mol. The molecule has 5 heteroatoms. The second-order valence-corrected chi connectivity index (χ2v) is 3.28. The van der Waals surface area contributed by atoms with Gasteiger partial charge in [0.05, 0.1) is 0 Å². The van der Waals surface area contributed by atoms with Gasteiger partial charge in [0, 0.05) is 14.2 Å². The van der Waals surface area contributed by atoms with E-state index in [2.05, 4.69) is 4.99 Å². The first-order chi connectivity index (χ1) is 4.74. The van der Waals surface area contributed by atoms with Crippen LogP contribution in [0.2, 0.25) is 6.55 Å². The minimum Gasteiger partial charge on any atom is -0.339 e. The highest BCUT2D eigenvalue weighted by atomic mass is 28.2. The summed E-state index contributed by atoms with van der Waals surface area (Å²) in [6.45, 7) is 1.94. The lowest BCUT2D eigenvalue weighted by atomic mass is 11.0. The van der Waals surface area contributed by atoms with Crippen LogP contribution >= 0.6 is 0 Å². The predicted molar refractivity (Wildman–Crippen MR) is 39.3 cm³/mol. The third-order valence-electron chi connectivity index (χ3n) is 1.30. The van der Waals surface area contributed by atoms with Crippen LogP contribution in [0.4, 0.5) is 0 Å². The Kier molecular flexibility index (Phi) is 4.14. The number of nitrogens with zero attached hydrogens (tertiary/aromatic N) is 1. The summed E-state index contributed by atoms with van der Waals surface area (Å²) >= 11 is 0. The first kappa shape index (κ1) is 9.52. The van der Waals surface area contributed by atoms with Gasteiger partial charge in [-0.25, -0.2) is 4.79 Å². The Morgan fingerprint density at radius 3 is 2.10 bits per heavy atom. The lowest BCUT2D eigenvalue weighted by Crippen LogP contribution is -2.36. The van der Waals surface area contributed by atoms with Gasteiger partial charge in [-0.2, -0.15) is 0 Å². The largest absolute Gasteiger partial charge is 0.339 e. The Labute approximate surface area is 62.1 Å². The molecule has 0 N–H and O–H groups in total. The molecule has 0 aliphatic rings. The van der Waals surface area contributed by atoms with Crippen LogP contribution in [0.25, 0.3) is 0 Å². The van der Waals surface area contributed by atoms with Gasteiger partial charge < -0.3 is 9.47 Å². The molecule has 0 aromatic carbocycles. The lowest BCUT2D eigenvalue weighted by molar-refractivity contribution is -0.137. The number of rotatable bonds is 4. The second-order valence-electron chi connectivity index (χ2n) is 1.68. The van der Waals surface area contributed by atoms with E-state index < -0.39 is 15.1 Å². The van der Waals surface area contributed by atoms with Crippen LogP contribution in [0.3, 0.4) is 0 Å². The molecule has 10 heavy (non-hydrogen) atoms. The van der Waals surface area contributed by atoms with Crippen LogP contribution in [-0.4, -0.2) is 35.4 Å².